The molecule has 1 aliphatic heterocycles. The summed E-state index contributed by atoms with van der Waals surface area (Å²) in [5.41, 5.74) is 2.89. The Morgan fingerprint density at radius 3 is 2.61 bits per heavy atom. The Balaban J connectivity index is 0.00000341. The van der Waals surface area contributed by atoms with Crippen molar-refractivity contribution in [3.63, 3.8) is 0 Å². The first-order chi connectivity index (χ1) is 14.7. The first-order valence-electron chi connectivity index (χ1n) is 10.7. The van der Waals surface area contributed by atoms with Crippen LogP contribution in [-0.2, 0) is 17.8 Å². The summed E-state index contributed by atoms with van der Waals surface area (Å²) >= 11 is 0. The van der Waals surface area contributed by atoms with Crippen LogP contribution in [0.3, 0.4) is 0 Å². The minimum absolute atomic E-state index is 0. The van der Waals surface area contributed by atoms with Gasteiger partial charge in [-0.1, -0.05) is 42.5 Å². The van der Waals surface area contributed by atoms with Gasteiger partial charge in [0, 0.05) is 38.9 Å². The van der Waals surface area contributed by atoms with Crippen molar-refractivity contribution in [1.82, 2.24) is 15.5 Å². The number of hydrogen-bond acceptors (Lipinski definition) is 3. The molecule has 0 spiro atoms. The topological polar surface area (TPSA) is 66.0 Å². The summed E-state index contributed by atoms with van der Waals surface area (Å²) in [6, 6.07) is 18.0. The van der Waals surface area contributed by atoms with Gasteiger partial charge in [0.05, 0.1) is 12.6 Å². The van der Waals surface area contributed by atoms with E-state index < -0.39 is 0 Å². The zero-order valence-corrected chi connectivity index (χ0v) is 20.7. The summed E-state index contributed by atoms with van der Waals surface area (Å²) < 4.78 is 5.57. The lowest BCUT2D eigenvalue weighted by Gasteiger charge is -2.22. The van der Waals surface area contributed by atoms with Crippen molar-refractivity contribution in [2.24, 2.45) is 4.99 Å². The molecule has 2 aromatic carbocycles. The molecule has 1 unspecified atom stereocenters. The lowest BCUT2D eigenvalue weighted by Crippen LogP contribution is -2.38. The van der Waals surface area contributed by atoms with Crippen LogP contribution in [-0.4, -0.2) is 49.6 Å². The van der Waals surface area contributed by atoms with E-state index in [1.165, 1.54) is 5.56 Å². The molecule has 1 saturated heterocycles. The third-order valence-electron chi connectivity index (χ3n) is 5.07. The summed E-state index contributed by atoms with van der Waals surface area (Å²) in [5.74, 6) is 0.777. The molecule has 1 atom stereocenters. The zero-order valence-electron chi connectivity index (χ0n) is 18.3. The highest BCUT2D eigenvalue weighted by Crippen LogP contribution is 2.12. The lowest BCUT2D eigenvalue weighted by atomic mass is 10.1. The number of carbonyl (C=O) groups is 1. The fourth-order valence-electron chi connectivity index (χ4n) is 3.49. The Morgan fingerprint density at radius 2 is 1.90 bits per heavy atom. The number of amides is 1. The number of carbonyl (C=O) groups excluding carboxylic acids is 1. The van der Waals surface area contributed by atoms with Crippen LogP contribution in [0.1, 0.15) is 41.3 Å². The number of benzene rings is 2. The van der Waals surface area contributed by atoms with E-state index in [4.69, 9.17) is 9.73 Å². The standard InChI is InChI=1S/C24H32N4O2.HI/c1-3-25-24(28(2)18-19-9-5-4-6-10-19)27-16-20-11-7-12-21(15-20)23(29)26-17-22-13-8-14-30-22;/h4-7,9-12,15,22H,3,8,13-14,16-18H2,1-2H3,(H,25,27)(H,26,29);1H. The molecular formula is C24H33IN4O2. The van der Waals surface area contributed by atoms with Crippen molar-refractivity contribution < 1.29 is 9.53 Å². The number of guanidine groups is 1. The Hall–Kier alpha value is -2.13. The van der Waals surface area contributed by atoms with E-state index in [0.717, 1.165) is 44.1 Å². The SMILES string of the molecule is CCNC(=NCc1cccc(C(=O)NCC2CCCO2)c1)N(C)Cc1ccccc1.I. The van der Waals surface area contributed by atoms with Crippen molar-refractivity contribution in [2.75, 3.05) is 26.7 Å². The molecule has 6 nitrogen and oxygen atoms in total. The van der Waals surface area contributed by atoms with E-state index in [2.05, 4.69) is 34.6 Å². The van der Waals surface area contributed by atoms with Gasteiger partial charge in [0.1, 0.15) is 0 Å². The van der Waals surface area contributed by atoms with Gasteiger partial charge in [-0.15, -0.1) is 24.0 Å². The molecular weight excluding hydrogens is 503 g/mol. The molecule has 1 fully saturated rings. The molecule has 0 radical (unpaired) electrons. The molecule has 31 heavy (non-hydrogen) atoms. The zero-order chi connectivity index (χ0) is 21.2. The minimum Gasteiger partial charge on any atom is -0.376 e. The summed E-state index contributed by atoms with van der Waals surface area (Å²) in [4.78, 5) is 19.4. The molecule has 1 aliphatic rings. The number of nitrogens with one attached hydrogen (secondary N) is 2. The fourth-order valence-corrected chi connectivity index (χ4v) is 3.49. The van der Waals surface area contributed by atoms with Crippen LogP contribution in [0, 0.1) is 0 Å². The number of nitrogens with zero attached hydrogens (tertiary/aromatic N) is 2. The second-order valence-electron chi connectivity index (χ2n) is 7.56. The largest absolute Gasteiger partial charge is 0.376 e. The highest BCUT2D eigenvalue weighted by atomic mass is 127. The molecule has 2 N–H and O–H groups in total. The molecule has 1 amide bonds. The third-order valence-corrected chi connectivity index (χ3v) is 5.07. The van der Waals surface area contributed by atoms with E-state index in [0.29, 0.717) is 18.7 Å². The van der Waals surface area contributed by atoms with Crippen LogP contribution < -0.4 is 10.6 Å². The van der Waals surface area contributed by atoms with Crippen molar-refractivity contribution >= 4 is 35.8 Å². The minimum atomic E-state index is -0.0653. The Kier molecular flexibility index (Phi) is 10.8. The highest BCUT2D eigenvalue weighted by molar-refractivity contribution is 14.0. The van der Waals surface area contributed by atoms with Crippen LogP contribution in [0.25, 0.3) is 0 Å². The van der Waals surface area contributed by atoms with Crippen molar-refractivity contribution in [3.05, 3.63) is 71.3 Å². The maximum Gasteiger partial charge on any atom is 0.251 e. The van der Waals surface area contributed by atoms with Crippen LogP contribution >= 0.6 is 24.0 Å². The molecule has 0 saturated carbocycles. The molecule has 0 aromatic heterocycles. The van der Waals surface area contributed by atoms with E-state index in [-0.39, 0.29) is 36.0 Å². The van der Waals surface area contributed by atoms with Gasteiger partial charge in [0.25, 0.3) is 5.91 Å². The summed E-state index contributed by atoms with van der Waals surface area (Å²) in [6.45, 7) is 5.50. The summed E-state index contributed by atoms with van der Waals surface area (Å²) in [7, 11) is 2.03. The van der Waals surface area contributed by atoms with Gasteiger partial charge in [0.2, 0.25) is 0 Å². The molecule has 0 bridgehead atoms. The normalized spacial score (nSPS) is 15.8. The summed E-state index contributed by atoms with van der Waals surface area (Å²) in [6.07, 6.45) is 2.23. The molecule has 7 heteroatoms. The molecule has 3 rings (SSSR count). The van der Waals surface area contributed by atoms with Gasteiger partial charge in [-0.2, -0.15) is 0 Å². The first-order valence-corrected chi connectivity index (χ1v) is 10.7. The van der Waals surface area contributed by atoms with Crippen molar-refractivity contribution in [2.45, 2.75) is 39.0 Å². The monoisotopic (exact) mass is 536 g/mol. The second-order valence-corrected chi connectivity index (χ2v) is 7.56. The Labute approximate surface area is 202 Å². The predicted octanol–water partition coefficient (Wildman–Crippen LogP) is 3.81. The summed E-state index contributed by atoms with van der Waals surface area (Å²) in [5, 5.41) is 6.32. The maximum absolute atomic E-state index is 12.5. The third kappa shape index (κ3) is 8.14. The maximum atomic E-state index is 12.5. The highest BCUT2D eigenvalue weighted by Gasteiger charge is 2.16. The first kappa shape index (κ1) is 25.1. The average molecular weight is 536 g/mol. The molecule has 2 aromatic rings. The Bertz CT molecular complexity index is 838. The molecule has 0 aliphatic carbocycles. The number of rotatable bonds is 8. The van der Waals surface area contributed by atoms with Crippen molar-refractivity contribution in [3.8, 4) is 0 Å². The molecule has 1 heterocycles. The Morgan fingerprint density at radius 1 is 1.13 bits per heavy atom. The molecule has 168 valence electrons. The smallest absolute Gasteiger partial charge is 0.251 e. The number of hydrogen-bond donors (Lipinski definition) is 2. The van der Waals surface area contributed by atoms with E-state index in [1.54, 1.807) is 0 Å². The number of halogens is 1. The predicted molar refractivity (Wildman–Crippen MR) is 136 cm³/mol. The van der Waals surface area contributed by atoms with E-state index in [9.17, 15) is 4.79 Å². The second kappa shape index (κ2) is 13.3. The van der Waals surface area contributed by atoms with Crippen molar-refractivity contribution in [1.29, 1.82) is 0 Å². The quantitative estimate of drug-likeness (QED) is 0.306. The van der Waals surface area contributed by atoms with E-state index >= 15 is 0 Å². The van der Waals surface area contributed by atoms with Gasteiger partial charge >= 0.3 is 0 Å². The lowest BCUT2D eigenvalue weighted by molar-refractivity contribution is 0.0857. The van der Waals surface area contributed by atoms with Crippen LogP contribution in [0.5, 0.6) is 0 Å². The van der Waals surface area contributed by atoms with Crippen LogP contribution in [0.4, 0.5) is 0 Å². The van der Waals surface area contributed by atoms with Gasteiger partial charge in [-0.3, -0.25) is 4.79 Å². The van der Waals surface area contributed by atoms with Gasteiger partial charge in [-0.25, -0.2) is 4.99 Å². The van der Waals surface area contributed by atoms with Gasteiger partial charge < -0.3 is 20.3 Å². The van der Waals surface area contributed by atoms with Crippen LogP contribution in [0.15, 0.2) is 59.6 Å². The van der Waals surface area contributed by atoms with Crippen LogP contribution in [0.2, 0.25) is 0 Å². The van der Waals surface area contributed by atoms with Gasteiger partial charge in [-0.05, 0) is 43.0 Å². The number of aliphatic imine (C=N–C) groups is 1. The number of ether oxygens (including phenoxy) is 1. The van der Waals surface area contributed by atoms with Gasteiger partial charge in [0.15, 0.2) is 5.96 Å². The average Bonchev–Trinajstić information content (AvgIpc) is 3.29. The fraction of sp³-hybridized carbons (Fsp3) is 0.417. The van der Waals surface area contributed by atoms with E-state index in [1.807, 2.05) is 49.5 Å².